The van der Waals surface area contributed by atoms with E-state index in [0.29, 0.717) is 13.2 Å². The third kappa shape index (κ3) is 3.28. The van der Waals surface area contributed by atoms with Crippen LogP contribution in [-0.4, -0.2) is 35.3 Å². The van der Waals surface area contributed by atoms with Crippen LogP contribution in [-0.2, 0) is 11.3 Å². The summed E-state index contributed by atoms with van der Waals surface area (Å²) in [5.74, 6) is 0.829. The predicted molar refractivity (Wildman–Crippen MR) is 99.3 cm³/mol. The highest BCUT2D eigenvalue weighted by molar-refractivity contribution is 5.59. The Morgan fingerprint density at radius 1 is 1.15 bits per heavy atom. The Morgan fingerprint density at radius 2 is 1.96 bits per heavy atom. The third-order valence-electron chi connectivity index (χ3n) is 4.56. The maximum Gasteiger partial charge on any atom is 0.177 e. The van der Waals surface area contributed by atoms with E-state index in [1.165, 1.54) is 11.1 Å². The predicted octanol–water partition coefficient (Wildman–Crippen LogP) is 3.18. The molecule has 4 rings (SSSR count). The molecule has 2 heterocycles. The molecule has 0 radical (unpaired) electrons. The number of anilines is 1. The average molecular weight is 350 g/mol. The van der Waals surface area contributed by atoms with Gasteiger partial charge in [0, 0.05) is 6.54 Å². The van der Waals surface area contributed by atoms with Gasteiger partial charge in [0.05, 0.1) is 32.1 Å². The topological polar surface area (TPSA) is 52.4 Å². The van der Waals surface area contributed by atoms with Crippen molar-refractivity contribution in [2.75, 3.05) is 25.2 Å². The van der Waals surface area contributed by atoms with Gasteiger partial charge in [-0.1, -0.05) is 47.2 Å². The van der Waals surface area contributed by atoms with E-state index in [1.807, 2.05) is 35.1 Å². The number of aromatic nitrogens is 3. The van der Waals surface area contributed by atoms with Crippen molar-refractivity contribution < 1.29 is 9.47 Å². The van der Waals surface area contributed by atoms with Crippen molar-refractivity contribution in [3.05, 3.63) is 71.5 Å². The van der Waals surface area contributed by atoms with Crippen LogP contribution in [0.5, 0.6) is 5.75 Å². The van der Waals surface area contributed by atoms with Gasteiger partial charge in [-0.2, -0.15) is 0 Å². The molecule has 134 valence electrons. The lowest BCUT2D eigenvalue weighted by Crippen LogP contribution is -2.24. The Morgan fingerprint density at radius 3 is 2.77 bits per heavy atom. The van der Waals surface area contributed by atoms with E-state index < -0.39 is 0 Å². The molecule has 1 aliphatic rings. The fourth-order valence-corrected chi connectivity index (χ4v) is 3.21. The summed E-state index contributed by atoms with van der Waals surface area (Å²) in [6, 6.07) is 16.4. The van der Waals surface area contributed by atoms with Crippen molar-refractivity contribution in [2.45, 2.75) is 19.7 Å². The maximum atomic E-state index is 5.94. The van der Waals surface area contributed by atoms with E-state index in [-0.39, 0.29) is 6.23 Å². The molecule has 26 heavy (non-hydrogen) atoms. The molecule has 3 aromatic rings. The number of benzene rings is 2. The fourth-order valence-electron chi connectivity index (χ4n) is 3.21. The Bertz CT molecular complexity index is 876. The van der Waals surface area contributed by atoms with E-state index in [0.717, 1.165) is 23.7 Å². The summed E-state index contributed by atoms with van der Waals surface area (Å²) >= 11 is 0. The van der Waals surface area contributed by atoms with Gasteiger partial charge in [0.2, 0.25) is 0 Å². The molecule has 2 aromatic carbocycles. The zero-order chi connectivity index (χ0) is 17.9. The molecule has 6 nitrogen and oxygen atoms in total. The first-order valence-corrected chi connectivity index (χ1v) is 8.71. The van der Waals surface area contributed by atoms with Gasteiger partial charge in [-0.25, -0.2) is 4.68 Å². The van der Waals surface area contributed by atoms with Gasteiger partial charge in [-0.05, 0) is 24.6 Å². The molecular formula is C20H22N4O2. The second kappa shape index (κ2) is 7.17. The van der Waals surface area contributed by atoms with Gasteiger partial charge in [0.15, 0.2) is 6.23 Å². The second-order valence-corrected chi connectivity index (χ2v) is 6.41. The molecule has 1 saturated heterocycles. The number of hydrogen-bond donors (Lipinski definition) is 0. The molecule has 0 aliphatic carbocycles. The van der Waals surface area contributed by atoms with Gasteiger partial charge in [-0.3, -0.25) is 0 Å². The van der Waals surface area contributed by atoms with Crippen molar-refractivity contribution in [1.29, 1.82) is 0 Å². The summed E-state index contributed by atoms with van der Waals surface area (Å²) < 4.78 is 13.3. The lowest BCUT2D eigenvalue weighted by molar-refractivity contribution is 0.110. The fraction of sp³-hybridized carbons (Fsp3) is 0.300. The maximum absolute atomic E-state index is 5.94. The molecule has 1 aliphatic heterocycles. The van der Waals surface area contributed by atoms with E-state index in [4.69, 9.17) is 9.47 Å². The first kappa shape index (κ1) is 16.6. The minimum Gasteiger partial charge on any atom is -0.495 e. The van der Waals surface area contributed by atoms with Crippen molar-refractivity contribution in [3.63, 3.8) is 0 Å². The van der Waals surface area contributed by atoms with E-state index >= 15 is 0 Å². The van der Waals surface area contributed by atoms with Crippen LogP contribution < -0.4 is 9.64 Å². The third-order valence-corrected chi connectivity index (χ3v) is 4.56. The number of nitrogens with zero attached hydrogens (tertiary/aromatic N) is 4. The number of para-hydroxylation sites is 2. The summed E-state index contributed by atoms with van der Waals surface area (Å²) in [7, 11) is 1.68. The average Bonchev–Trinajstić information content (AvgIpc) is 3.32. The number of methoxy groups -OCH3 is 1. The van der Waals surface area contributed by atoms with Crippen molar-refractivity contribution in [3.8, 4) is 5.75 Å². The van der Waals surface area contributed by atoms with Gasteiger partial charge in [0.1, 0.15) is 11.4 Å². The number of hydrogen-bond acceptors (Lipinski definition) is 5. The molecule has 1 fully saturated rings. The SMILES string of the molecule is COc1ccccc1N1CCO[C@H]1c1cn(Cc2ccc(C)cc2)nn1. The van der Waals surface area contributed by atoms with E-state index in [2.05, 4.69) is 46.4 Å². The van der Waals surface area contributed by atoms with Gasteiger partial charge in [-0.15, -0.1) is 5.10 Å². The largest absolute Gasteiger partial charge is 0.495 e. The standard InChI is InChI=1S/C20H22N4O2/c1-15-7-9-16(10-8-15)13-23-14-17(21-22-23)20-24(11-12-26-20)18-5-3-4-6-19(18)25-2/h3-10,14,20H,11-13H2,1-2H3/t20-/m0/s1. The van der Waals surface area contributed by atoms with Crippen LogP contribution in [0.15, 0.2) is 54.7 Å². The van der Waals surface area contributed by atoms with Crippen molar-refractivity contribution in [1.82, 2.24) is 15.0 Å². The van der Waals surface area contributed by atoms with Crippen LogP contribution in [0.2, 0.25) is 0 Å². The molecule has 6 heteroatoms. The zero-order valence-corrected chi connectivity index (χ0v) is 15.0. The van der Waals surface area contributed by atoms with E-state index in [9.17, 15) is 0 Å². The molecule has 0 spiro atoms. The summed E-state index contributed by atoms with van der Waals surface area (Å²) in [6.45, 7) is 4.21. The van der Waals surface area contributed by atoms with Gasteiger partial charge >= 0.3 is 0 Å². The van der Waals surface area contributed by atoms with Gasteiger partial charge in [0.25, 0.3) is 0 Å². The van der Waals surface area contributed by atoms with Crippen molar-refractivity contribution >= 4 is 5.69 Å². The van der Waals surface area contributed by atoms with Crippen LogP contribution in [0, 0.1) is 6.92 Å². The normalized spacial score (nSPS) is 16.8. The minimum atomic E-state index is -0.252. The minimum absolute atomic E-state index is 0.252. The molecule has 0 amide bonds. The second-order valence-electron chi connectivity index (χ2n) is 6.41. The smallest absolute Gasteiger partial charge is 0.177 e. The first-order chi connectivity index (χ1) is 12.7. The highest BCUT2D eigenvalue weighted by atomic mass is 16.5. The Labute approximate surface area is 153 Å². The lowest BCUT2D eigenvalue weighted by Gasteiger charge is -2.25. The summed E-state index contributed by atoms with van der Waals surface area (Å²) in [5, 5.41) is 8.63. The molecule has 0 bridgehead atoms. The number of aryl methyl sites for hydroxylation is 1. The molecule has 0 N–H and O–H groups in total. The molecule has 1 aromatic heterocycles. The highest BCUT2D eigenvalue weighted by Gasteiger charge is 2.31. The number of ether oxygens (including phenoxy) is 2. The zero-order valence-electron chi connectivity index (χ0n) is 15.0. The summed E-state index contributed by atoms with van der Waals surface area (Å²) in [5.41, 5.74) is 4.26. The van der Waals surface area contributed by atoms with Gasteiger partial charge < -0.3 is 14.4 Å². The summed E-state index contributed by atoms with van der Waals surface area (Å²) in [6.07, 6.45) is 1.70. The van der Waals surface area contributed by atoms with Crippen molar-refractivity contribution in [2.24, 2.45) is 0 Å². The highest BCUT2D eigenvalue weighted by Crippen LogP contribution is 2.36. The first-order valence-electron chi connectivity index (χ1n) is 8.71. The Kier molecular flexibility index (Phi) is 4.58. The van der Waals surface area contributed by atoms with Crippen LogP contribution in [0.4, 0.5) is 5.69 Å². The van der Waals surface area contributed by atoms with Crippen LogP contribution in [0.25, 0.3) is 0 Å². The number of rotatable bonds is 5. The molecule has 1 atom stereocenters. The van der Waals surface area contributed by atoms with E-state index in [1.54, 1.807) is 7.11 Å². The molecule has 0 unspecified atom stereocenters. The summed E-state index contributed by atoms with van der Waals surface area (Å²) in [4.78, 5) is 2.17. The Balaban J connectivity index is 1.55. The lowest BCUT2D eigenvalue weighted by atomic mass is 10.1. The molecule has 0 saturated carbocycles. The van der Waals surface area contributed by atoms with Crippen LogP contribution in [0.3, 0.4) is 0 Å². The van der Waals surface area contributed by atoms with Crippen LogP contribution in [0.1, 0.15) is 23.0 Å². The quantitative estimate of drug-likeness (QED) is 0.707. The monoisotopic (exact) mass is 350 g/mol. The Hall–Kier alpha value is -2.86. The molecular weight excluding hydrogens is 328 g/mol. The van der Waals surface area contributed by atoms with Crippen LogP contribution >= 0.6 is 0 Å².